The lowest BCUT2D eigenvalue weighted by Crippen LogP contribution is -2.25. The van der Waals surface area contributed by atoms with Crippen molar-refractivity contribution in [1.29, 1.82) is 0 Å². The number of aromatic carboxylic acids is 1. The number of carbonyl (C=O) groups is 1. The third kappa shape index (κ3) is 3.07. The van der Waals surface area contributed by atoms with Gasteiger partial charge in [0.2, 0.25) is 5.88 Å². The Balaban J connectivity index is 1.60. The second-order valence-electron chi connectivity index (χ2n) is 7.99. The molecule has 1 saturated carbocycles. The van der Waals surface area contributed by atoms with Crippen molar-refractivity contribution in [2.45, 2.75) is 37.6 Å². The number of nitrogens with one attached hydrogen (secondary N) is 1. The number of aromatic amines is 1. The number of hydrogen-bond donors (Lipinski definition) is 3. The number of carboxylic acids is 1. The molecule has 2 aliphatic rings. The fourth-order valence-corrected chi connectivity index (χ4v) is 4.14. The molecule has 3 aromatic rings. The maximum absolute atomic E-state index is 12.0. The molecule has 29 heavy (non-hydrogen) atoms. The van der Waals surface area contributed by atoms with Crippen LogP contribution in [0.1, 0.15) is 40.0 Å². The maximum Gasteiger partial charge on any atom is 0.337 e. The molecule has 0 amide bonds. The molecule has 3 heterocycles. The first-order valence-electron chi connectivity index (χ1n) is 9.73. The van der Waals surface area contributed by atoms with Gasteiger partial charge in [-0.25, -0.2) is 9.78 Å². The minimum absolute atomic E-state index is 0.265. The molecule has 2 aliphatic carbocycles. The molecule has 0 radical (unpaired) electrons. The van der Waals surface area contributed by atoms with Gasteiger partial charge >= 0.3 is 5.97 Å². The van der Waals surface area contributed by atoms with Gasteiger partial charge in [0.05, 0.1) is 24.1 Å². The monoisotopic (exact) mass is 390 g/mol. The summed E-state index contributed by atoms with van der Waals surface area (Å²) < 4.78 is 5.12. The number of carboxylic acid groups (broad SMARTS) is 1. The van der Waals surface area contributed by atoms with E-state index in [1.54, 1.807) is 19.4 Å². The van der Waals surface area contributed by atoms with Crippen LogP contribution in [0, 0.1) is 0 Å². The van der Waals surface area contributed by atoms with Gasteiger partial charge in [0.1, 0.15) is 0 Å². The van der Waals surface area contributed by atoms with Gasteiger partial charge < -0.3 is 20.6 Å². The lowest BCUT2D eigenvalue weighted by atomic mass is 9.88. The first kappa shape index (κ1) is 17.9. The normalized spacial score (nSPS) is 16.1. The Bertz CT molecular complexity index is 1110. The zero-order valence-corrected chi connectivity index (χ0v) is 16.2. The van der Waals surface area contributed by atoms with Crippen LogP contribution < -0.4 is 10.5 Å². The second kappa shape index (κ2) is 6.42. The third-order valence-electron chi connectivity index (χ3n) is 5.96. The van der Waals surface area contributed by atoms with Crippen LogP contribution in [0.4, 0.5) is 0 Å². The number of nitrogens with zero attached hydrogens (tertiary/aromatic N) is 2. The van der Waals surface area contributed by atoms with E-state index < -0.39 is 5.97 Å². The molecule has 0 saturated heterocycles. The molecule has 0 atom stereocenters. The first-order chi connectivity index (χ1) is 14.0. The number of hydrogen-bond acceptors (Lipinski definition) is 5. The van der Waals surface area contributed by atoms with Crippen molar-refractivity contribution in [3.63, 3.8) is 0 Å². The predicted molar refractivity (Wildman–Crippen MR) is 108 cm³/mol. The standard InChI is InChI=1S/C22H22N4O3/c1-29-18-5-3-13(11-25-18)16-8-15-12(10-24-16)2-4-14-19(21(27)28)17(26-20(14)15)9-22(23)6-7-22/h3,5,8,10-11,26H,2,4,6-7,9,23H2,1H3,(H,27,28). The van der Waals surface area contributed by atoms with E-state index in [1.165, 1.54) is 0 Å². The summed E-state index contributed by atoms with van der Waals surface area (Å²) in [6, 6.07) is 5.73. The van der Waals surface area contributed by atoms with Crippen molar-refractivity contribution < 1.29 is 14.6 Å². The summed E-state index contributed by atoms with van der Waals surface area (Å²) in [4.78, 5) is 24.3. The number of methoxy groups -OCH3 is 1. The van der Waals surface area contributed by atoms with Crippen molar-refractivity contribution in [2.24, 2.45) is 5.73 Å². The van der Waals surface area contributed by atoms with E-state index in [2.05, 4.69) is 15.0 Å². The molecule has 3 aromatic heterocycles. The highest BCUT2D eigenvalue weighted by molar-refractivity contribution is 5.95. The van der Waals surface area contributed by atoms with Crippen molar-refractivity contribution >= 4 is 5.97 Å². The van der Waals surface area contributed by atoms with Crippen LogP contribution in [-0.2, 0) is 19.3 Å². The Hall–Kier alpha value is -3.19. The Labute approximate surface area is 168 Å². The summed E-state index contributed by atoms with van der Waals surface area (Å²) >= 11 is 0. The molecule has 148 valence electrons. The smallest absolute Gasteiger partial charge is 0.337 e. The van der Waals surface area contributed by atoms with E-state index >= 15 is 0 Å². The first-order valence-corrected chi connectivity index (χ1v) is 9.73. The Morgan fingerprint density at radius 1 is 1.28 bits per heavy atom. The summed E-state index contributed by atoms with van der Waals surface area (Å²) in [5, 5.41) is 9.86. The largest absolute Gasteiger partial charge is 0.481 e. The summed E-state index contributed by atoms with van der Waals surface area (Å²) in [7, 11) is 1.58. The molecular weight excluding hydrogens is 368 g/mol. The van der Waals surface area contributed by atoms with E-state index in [1.807, 2.05) is 18.3 Å². The van der Waals surface area contributed by atoms with E-state index in [0.29, 0.717) is 24.3 Å². The lowest BCUT2D eigenvalue weighted by molar-refractivity contribution is 0.0694. The van der Waals surface area contributed by atoms with Gasteiger partial charge in [-0.2, -0.15) is 0 Å². The Morgan fingerprint density at radius 2 is 2.10 bits per heavy atom. The summed E-state index contributed by atoms with van der Waals surface area (Å²) in [5.41, 5.74) is 12.7. The molecule has 0 aliphatic heterocycles. The van der Waals surface area contributed by atoms with Crippen LogP contribution in [0.25, 0.3) is 22.5 Å². The van der Waals surface area contributed by atoms with Crippen molar-refractivity contribution in [2.75, 3.05) is 7.11 Å². The number of H-pyrrole nitrogens is 1. The molecule has 4 N–H and O–H groups in total. The molecular formula is C22H22N4O3. The van der Waals surface area contributed by atoms with E-state index in [9.17, 15) is 9.90 Å². The van der Waals surface area contributed by atoms with Crippen LogP contribution in [0.15, 0.2) is 30.6 Å². The lowest BCUT2D eigenvalue weighted by Gasteiger charge is -2.17. The minimum Gasteiger partial charge on any atom is -0.481 e. The van der Waals surface area contributed by atoms with Gasteiger partial charge in [-0.1, -0.05) is 0 Å². The van der Waals surface area contributed by atoms with Gasteiger partial charge in [0, 0.05) is 47.2 Å². The molecule has 0 unspecified atom stereocenters. The highest BCUT2D eigenvalue weighted by Gasteiger charge is 2.40. The van der Waals surface area contributed by atoms with Crippen LogP contribution in [-0.4, -0.2) is 38.7 Å². The summed E-state index contributed by atoms with van der Waals surface area (Å²) in [6.45, 7) is 0. The minimum atomic E-state index is -0.890. The molecule has 0 aromatic carbocycles. The number of nitrogens with two attached hydrogens (primary N) is 1. The van der Waals surface area contributed by atoms with Gasteiger partial charge in [-0.15, -0.1) is 0 Å². The second-order valence-corrected chi connectivity index (χ2v) is 7.99. The average molecular weight is 390 g/mol. The van der Waals surface area contributed by atoms with Crippen LogP contribution in [0.3, 0.4) is 0 Å². The predicted octanol–water partition coefficient (Wildman–Crippen LogP) is 2.98. The van der Waals surface area contributed by atoms with Crippen molar-refractivity contribution in [3.8, 4) is 28.4 Å². The number of ether oxygens (including phenoxy) is 1. The molecule has 5 rings (SSSR count). The van der Waals surface area contributed by atoms with Gasteiger partial charge in [0.25, 0.3) is 0 Å². The zero-order valence-electron chi connectivity index (χ0n) is 16.2. The van der Waals surface area contributed by atoms with E-state index in [0.717, 1.165) is 58.6 Å². The fraction of sp³-hybridized carbons (Fsp3) is 0.318. The van der Waals surface area contributed by atoms with Crippen LogP contribution in [0.5, 0.6) is 5.88 Å². The quantitative estimate of drug-likeness (QED) is 0.617. The average Bonchev–Trinajstić information content (AvgIpc) is 3.33. The number of pyridine rings is 2. The van der Waals surface area contributed by atoms with E-state index in [-0.39, 0.29) is 5.54 Å². The van der Waals surface area contributed by atoms with Crippen molar-refractivity contribution in [3.05, 3.63) is 53.0 Å². The van der Waals surface area contributed by atoms with Crippen molar-refractivity contribution in [1.82, 2.24) is 15.0 Å². The van der Waals surface area contributed by atoms with Crippen LogP contribution >= 0.6 is 0 Å². The van der Waals surface area contributed by atoms with E-state index in [4.69, 9.17) is 10.5 Å². The number of aryl methyl sites for hydroxylation is 1. The fourth-order valence-electron chi connectivity index (χ4n) is 4.14. The Morgan fingerprint density at radius 3 is 2.76 bits per heavy atom. The molecule has 0 spiro atoms. The van der Waals surface area contributed by atoms with Crippen LogP contribution in [0.2, 0.25) is 0 Å². The number of aromatic nitrogens is 3. The number of rotatable bonds is 5. The SMILES string of the molecule is COc1ccc(-c2cc3c(cn2)CCc2c-3[nH]c(CC3(N)CC3)c2C(=O)O)cn1. The maximum atomic E-state index is 12.0. The highest BCUT2D eigenvalue weighted by atomic mass is 16.5. The molecule has 0 bridgehead atoms. The third-order valence-corrected chi connectivity index (χ3v) is 5.96. The van der Waals surface area contributed by atoms with Gasteiger partial charge in [-0.05, 0) is 48.9 Å². The van der Waals surface area contributed by atoms with Gasteiger partial charge in [0.15, 0.2) is 0 Å². The Kier molecular flexibility index (Phi) is 3.96. The highest BCUT2D eigenvalue weighted by Crippen LogP contribution is 2.41. The molecule has 7 heteroatoms. The summed E-state index contributed by atoms with van der Waals surface area (Å²) in [5.74, 6) is -0.344. The van der Waals surface area contributed by atoms with Gasteiger partial charge in [-0.3, -0.25) is 4.98 Å². The molecule has 1 fully saturated rings. The zero-order chi connectivity index (χ0) is 20.2. The molecule has 7 nitrogen and oxygen atoms in total. The summed E-state index contributed by atoms with van der Waals surface area (Å²) in [6.07, 6.45) is 7.49. The number of fused-ring (bicyclic) bond motifs is 3. The topological polar surface area (TPSA) is 114 Å².